The molecule has 1 unspecified atom stereocenters. The molecule has 27 heavy (non-hydrogen) atoms. The smallest absolute Gasteiger partial charge is 0.220 e. The molecule has 0 bridgehead atoms. The van der Waals surface area contributed by atoms with Gasteiger partial charge in [0.25, 0.3) is 0 Å². The Morgan fingerprint density at radius 2 is 2.19 bits per heavy atom. The maximum Gasteiger partial charge on any atom is 0.220 e. The van der Waals surface area contributed by atoms with Crippen molar-refractivity contribution < 1.29 is 4.79 Å². The lowest BCUT2D eigenvalue weighted by atomic mass is 10.1. The van der Waals surface area contributed by atoms with Crippen LogP contribution in [-0.4, -0.2) is 38.7 Å². The summed E-state index contributed by atoms with van der Waals surface area (Å²) in [4.78, 5) is 17.9. The Balaban J connectivity index is 1.30. The summed E-state index contributed by atoms with van der Waals surface area (Å²) in [6.45, 7) is 3.31. The number of aromatic amines is 1. The molecule has 1 fully saturated rings. The van der Waals surface area contributed by atoms with Crippen molar-refractivity contribution in [1.82, 2.24) is 25.0 Å². The highest BCUT2D eigenvalue weighted by Crippen LogP contribution is 2.32. The molecule has 0 spiro atoms. The molecule has 2 aliphatic rings. The van der Waals surface area contributed by atoms with Gasteiger partial charge >= 0.3 is 0 Å². The molecule has 0 radical (unpaired) electrons. The molecule has 1 aliphatic heterocycles. The quantitative estimate of drug-likeness (QED) is 0.708. The summed E-state index contributed by atoms with van der Waals surface area (Å²) >= 11 is 0. The second-order valence-corrected chi connectivity index (χ2v) is 7.90. The fourth-order valence-electron chi connectivity index (χ4n) is 4.15. The van der Waals surface area contributed by atoms with Crippen LogP contribution in [0.15, 0.2) is 42.7 Å². The monoisotopic (exact) mass is 363 g/mol. The van der Waals surface area contributed by atoms with E-state index >= 15 is 0 Å². The number of benzene rings is 1. The van der Waals surface area contributed by atoms with Crippen LogP contribution in [0.2, 0.25) is 0 Å². The molecule has 1 aliphatic carbocycles. The number of hydrogen-bond donors (Lipinski definition) is 2. The zero-order chi connectivity index (χ0) is 18.2. The molecule has 6 nitrogen and oxygen atoms in total. The molecule has 1 aromatic carbocycles. The lowest BCUT2D eigenvalue weighted by Crippen LogP contribution is -2.42. The van der Waals surface area contributed by atoms with Gasteiger partial charge in [0.15, 0.2) is 0 Å². The molecule has 5 rings (SSSR count). The predicted molar refractivity (Wildman–Crippen MR) is 104 cm³/mol. The molecule has 3 heterocycles. The summed E-state index contributed by atoms with van der Waals surface area (Å²) in [6, 6.07) is 10.8. The van der Waals surface area contributed by atoms with Crippen LogP contribution in [-0.2, 0) is 17.9 Å². The van der Waals surface area contributed by atoms with E-state index in [1.54, 1.807) is 0 Å². The molecule has 2 N–H and O–H groups in total. The minimum Gasteiger partial charge on any atom is -0.361 e. The number of amides is 1. The van der Waals surface area contributed by atoms with Crippen LogP contribution in [0.4, 0.5) is 0 Å². The van der Waals surface area contributed by atoms with Gasteiger partial charge in [0.2, 0.25) is 5.91 Å². The van der Waals surface area contributed by atoms with Gasteiger partial charge in [0.05, 0.1) is 11.7 Å². The minimum absolute atomic E-state index is 0.178. The van der Waals surface area contributed by atoms with Crippen molar-refractivity contribution in [3.8, 4) is 0 Å². The third kappa shape index (κ3) is 3.49. The third-order valence-corrected chi connectivity index (χ3v) is 5.74. The van der Waals surface area contributed by atoms with E-state index in [0.29, 0.717) is 18.9 Å². The maximum absolute atomic E-state index is 12.1. The number of carbonyl (C=O) groups excluding carboxylic acids is 1. The number of nitrogens with zero attached hydrogens (tertiary/aromatic N) is 3. The van der Waals surface area contributed by atoms with Crippen LogP contribution < -0.4 is 5.32 Å². The normalized spacial score (nSPS) is 19.9. The summed E-state index contributed by atoms with van der Waals surface area (Å²) in [5.74, 6) is 0.801. The predicted octanol–water partition coefficient (Wildman–Crippen LogP) is 2.84. The summed E-state index contributed by atoms with van der Waals surface area (Å²) in [7, 11) is 0. The van der Waals surface area contributed by atoms with Crippen molar-refractivity contribution in [2.24, 2.45) is 5.92 Å². The van der Waals surface area contributed by atoms with E-state index in [1.165, 1.54) is 35.0 Å². The average molecular weight is 363 g/mol. The fourth-order valence-corrected chi connectivity index (χ4v) is 4.15. The molecule has 1 amide bonds. The van der Waals surface area contributed by atoms with Crippen molar-refractivity contribution in [1.29, 1.82) is 0 Å². The SMILES string of the molecule is O=C(CC1CC1)NCC1CN(Cc2cccc3[nH]ccc23)Cc2ccnn21. The van der Waals surface area contributed by atoms with Gasteiger partial charge in [0.1, 0.15) is 0 Å². The number of H-pyrrole nitrogens is 1. The van der Waals surface area contributed by atoms with Crippen LogP contribution >= 0.6 is 0 Å². The first kappa shape index (κ1) is 16.6. The van der Waals surface area contributed by atoms with Gasteiger partial charge in [-0.2, -0.15) is 5.10 Å². The number of aromatic nitrogens is 3. The molecule has 1 saturated carbocycles. The molecular weight excluding hydrogens is 338 g/mol. The number of fused-ring (bicyclic) bond motifs is 2. The first-order valence-electron chi connectivity index (χ1n) is 9.82. The van der Waals surface area contributed by atoms with Gasteiger partial charge in [-0.25, -0.2) is 0 Å². The molecule has 3 aromatic rings. The van der Waals surface area contributed by atoms with E-state index < -0.39 is 0 Å². The van der Waals surface area contributed by atoms with Gasteiger partial charge < -0.3 is 10.3 Å². The summed E-state index contributed by atoms with van der Waals surface area (Å²) in [5, 5.41) is 8.92. The van der Waals surface area contributed by atoms with Crippen LogP contribution in [0.5, 0.6) is 0 Å². The van der Waals surface area contributed by atoms with Gasteiger partial charge in [-0.15, -0.1) is 0 Å². The molecule has 6 heteroatoms. The largest absolute Gasteiger partial charge is 0.361 e. The third-order valence-electron chi connectivity index (χ3n) is 5.74. The Hall–Kier alpha value is -2.60. The van der Waals surface area contributed by atoms with Crippen molar-refractivity contribution in [2.45, 2.75) is 38.4 Å². The van der Waals surface area contributed by atoms with E-state index in [-0.39, 0.29) is 11.9 Å². The highest BCUT2D eigenvalue weighted by Gasteiger charge is 2.28. The second-order valence-electron chi connectivity index (χ2n) is 7.90. The summed E-state index contributed by atoms with van der Waals surface area (Å²) in [6.07, 6.45) is 6.96. The first-order chi connectivity index (χ1) is 13.3. The fraction of sp³-hybridized carbons (Fsp3) is 0.429. The van der Waals surface area contributed by atoms with Crippen LogP contribution in [0.1, 0.15) is 36.6 Å². The molecule has 2 aromatic heterocycles. The van der Waals surface area contributed by atoms with Crippen molar-refractivity contribution in [3.05, 3.63) is 54.0 Å². The summed E-state index contributed by atoms with van der Waals surface area (Å²) in [5.41, 5.74) is 3.72. The Bertz CT molecular complexity index is 954. The second kappa shape index (κ2) is 6.85. The van der Waals surface area contributed by atoms with Gasteiger partial charge in [-0.05, 0) is 42.5 Å². The minimum atomic E-state index is 0.178. The van der Waals surface area contributed by atoms with Crippen LogP contribution in [0.25, 0.3) is 10.9 Å². The zero-order valence-electron chi connectivity index (χ0n) is 15.4. The van der Waals surface area contributed by atoms with Gasteiger partial charge in [-0.3, -0.25) is 14.4 Å². The topological polar surface area (TPSA) is 66.0 Å². The Labute approximate surface area is 158 Å². The Morgan fingerprint density at radius 1 is 1.26 bits per heavy atom. The standard InChI is InChI=1S/C21H25N5O/c27-21(10-15-4-5-15)23-11-18-14-25(13-17-6-9-24-26(17)18)12-16-2-1-3-20-19(16)7-8-22-20/h1-3,6-9,15,18,22H,4-5,10-14H2,(H,23,27). The molecule has 1 atom stereocenters. The van der Waals surface area contributed by atoms with E-state index in [1.807, 2.05) is 12.4 Å². The lowest BCUT2D eigenvalue weighted by molar-refractivity contribution is -0.121. The first-order valence-corrected chi connectivity index (χ1v) is 9.82. The van der Waals surface area contributed by atoms with Crippen molar-refractivity contribution in [3.63, 3.8) is 0 Å². The average Bonchev–Trinajstić information content (AvgIpc) is 3.15. The van der Waals surface area contributed by atoms with Crippen molar-refractivity contribution >= 4 is 16.8 Å². The Kier molecular flexibility index (Phi) is 4.20. The number of carbonyl (C=O) groups is 1. The van der Waals surface area contributed by atoms with Crippen molar-refractivity contribution in [2.75, 3.05) is 13.1 Å². The highest BCUT2D eigenvalue weighted by atomic mass is 16.1. The van der Waals surface area contributed by atoms with Gasteiger partial charge in [0, 0.05) is 55.9 Å². The number of hydrogen-bond acceptors (Lipinski definition) is 3. The molecule has 140 valence electrons. The van der Waals surface area contributed by atoms with Crippen LogP contribution in [0, 0.1) is 5.92 Å². The summed E-state index contributed by atoms with van der Waals surface area (Å²) < 4.78 is 2.09. The number of rotatable bonds is 6. The Morgan fingerprint density at radius 3 is 3.07 bits per heavy atom. The van der Waals surface area contributed by atoms with E-state index in [4.69, 9.17) is 0 Å². The van der Waals surface area contributed by atoms with Gasteiger partial charge in [-0.1, -0.05) is 12.1 Å². The molecular formula is C21H25N5O. The lowest BCUT2D eigenvalue weighted by Gasteiger charge is -2.34. The van der Waals surface area contributed by atoms with E-state index in [0.717, 1.165) is 19.6 Å². The number of nitrogens with one attached hydrogen (secondary N) is 2. The highest BCUT2D eigenvalue weighted by molar-refractivity contribution is 5.82. The zero-order valence-corrected chi connectivity index (χ0v) is 15.4. The maximum atomic E-state index is 12.1. The molecule has 0 saturated heterocycles. The van der Waals surface area contributed by atoms with Crippen LogP contribution in [0.3, 0.4) is 0 Å². The van der Waals surface area contributed by atoms with E-state index in [2.05, 4.69) is 55.3 Å². The van der Waals surface area contributed by atoms with E-state index in [9.17, 15) is 4.79 Å².